The Hall–Kier alpha value is -2.49. The fraction of sp³-hybridized carbons (Fsp3) is 0.200. The molecule has 3 aromatic rings. The average Bonchev–Trinajstić information content (AvgIpc) is 3.38. The van der Waals surface area contributed by atoms with E-state index in [1.54, 1.807) is 29.1 Å². The summed E-state index contributed by atoms with van der Waals surface area (Å²) in [5.41, 5.74) is 2.61. The molecule has 2 aromatic carbocycles. The van der Waals surface area contributed by atoms with Crippen molar-refractivity contribution in [3.8, 4) is 5.69 Å². The van der Waals surface area contributed by atoms with Crippen LogP contribution in [0.1, 0.15) is 28.9 Å². The van der Waals surface area contributed by atoms with Crippen molar-refractivity contribution in [2.75, 3.05) is 5.32 Å². The highest BCUT2D eigenvalue weighted by Crippen LogP contribution is 2.26. The standard InChI is InChI=1S/C20H19BrN4O3S/c1-13-9-10-22-25(13)16-4-2-3-15(11-16)23-20(26)18-12-17(7-8-19(18)21)29(27,28)24-14-5-6-14/h2-4,7-12,14,24H,5-6H2,1H3,(H,23,26). The molecule has 1 fully saturated rings. The van der Waals surface area contributed by atoms with Crippen LogP contribution >= 0.6 is 15.9 Å². The Kier molecular flexibility index (Phi) is 5.28. The van der Waals surface area contributed by atoms with Gasteiger partial charge in [-0.15, -0.1) is 0 Å². The lowest BCUT2D eigenvalue weighted by atomic mass is 10.2. The van der Waals surface area contributed by atoms with Crippen LogP contribution in [0.15, 0.2) is 64.1 Å². The van der Waals surface area contributed by atoms with Crippen LogP contribution in [0.25, 0.3) is 5.69 Å². The molecule has 0 radical (unpaired) electrons. The van der Waals surface area contributed by atoms with Crippen LogP contribution in [0.4, 0.5) is 5.69 Å². The van der Waals surface area contributed by atoms with Crippen LogP contribution in [0, 0.1) is 6.92 Å². The summed E-state index contributed by atoms with van der Waals surface area (Å²) in [6.07, 6.45) is 3.39. The molecule has 4 rings (SSSR count). The fourth-order valence-electron chi connectivity index (χ4n) is 2.89. The van der Waals surface area contributed by atoms with E-state index in [9.17, 15) is 13.2 Å². The van der Waals surface area contributed by atoms with E-state index < -0.39 is 15.9 Å². The van der Waals surface area contributed by atoms with Gasteiger partial charge in [0.05, 0.1) is 16.1 Å². The zero-order valence-corrected chi connectivity index (χ0v) is 18.0. The number of sulfonamides is 1. The molecule has 1 heterocycles. The number of rotatable bonds is 6. The third kappa shape index (κ3) is 4.42. The van der Waals surface area contributed by atoms with Crippen LogP contribution in [-0.2, 0) is 10.0 Å². The second-order valence-corrected chi connectivity index (χ2v) is 9.49. The van der Waals surface area contributed by atoms with Gasteiger partial charge in [0.1, 0.15) is 0 Å². The van der Waals surface area contributed by atoms with Crippen molar-refractivity contribution in [3.63, 3.8) is 0 Å². The van der Waals surface area contributed by atoms with E-state index in [1.165, 1.54) is 12.1 Å². The molecule has 1 aliphatic carbocycles. The number of carbonyl (C=O) groups is 1. The summed E-state index contributed by atoms with van der Waals surface area (Å²) < 4.78 is 29.8. The quantitative estimate of drug-likeness (QED) is 0.570. The number of benzene rings is 2. The van der Waals surface area contributed by atoms with Crippen LogP contribution in [-0.4, -0.2) is 30.1 Å². The van der Waals surface area contributed by atoms with Gasteiger partial charge in [0.2, 0.25) is 10.0 Å². The summed E-state index contributed by atoms with van der Waals surface area (Å²) in [5, 5.41) is 7.10. The van der Waals surface area contributed by atoms with Gasteiger partial charge in [0.15, 0.2) is 0 Å². The first-order chi connectivity index (χ1) is 13.8. The maximum absolute atomic E-state index is 12.8. The van der Waals surface area contributed by atoms with Crippen LogP contribution < -0.4 is 10.0 Å². The number of anilines is 1. The second-order valence-electron chi connectivity index (χ2n) is 6.93. The molecular weight excluding hydrogens is 456 g/mol. The predicted molar refractivity (Wildman–Crippen MR) is 114 cm³/mol. The molecule has 1 aliphatic rings. The third-order valence-corrected chi connectivity index (χ3v) is 6.78. The van der Waals surface area contributed by atoms with Gasteiger partial charge in [-0.2, -0.15) is 5.10 Å². The van der Waals surface area contributed by atoms with Gasteiger partial charge >= 0.3 is 0 Å². The fourth-order valence-corrected chi connectivity index (χ4v) is 4.65. The number of nitrogens with one attached hydrogen (secondary N) is 2. The maximum Gasteiger partial charge on any atom is 0.256 e. The van der Waals surface area contributed by atoms with Gasteiger partial charge in [0.25, 0.3) is 5.91 Å². The van der Waals surface area contributed by atoms with Crippen molar-refractivity contribution in [2.24, 2.45) is 0 Å². The topological polar surface area (TPSA) is 93.1 Å². The monoisotopic (exact) mass is 474 g/mol. The van der Waals surface area contributed by atoms with Crippen molar-refractivity contribution < 1.29 is 13.2 Å². The lowest BCUT2D eigenvalue weighted by Gasteiger charge is -2.11. The van der Waals surface area contributed by atoms with Crippen molar-refractivity contribution in [3.05, 3.63) is 70.5 Å². The highest BCUT2D eigenvalue weighted by atomic mass is 79.9. The van der Waals surface area contributed by atoms with E-state index in [0.717, 1.165) is 24.2 Å². The number of aryl methyl sites for hydroxylation is 1. The molecular formula is C20H19BrN4O3S. The molecule has 0 saturated heterocycles. The maximum atomic E-state index is 12.8. The minimum Gasteiger partial charge on any atom is -0.322 e. The Morgan fingerprint density at radius 3 is 2.66 bits per heavy atom. The number of aromatic nitrogens is 2. The molecule has 0 aliphatic heterocycles. The molecule has 1 aromatic heterocycles. The smallest absolute Gasteiger partial charge is 0.256 e. The van der Waals surface area contributed by atoms with Gasteiger partial charge in [-0.1, -0.05) is 6.07 Å². The Labute approximate surface area is 177 Å². The Balaban J connectivity index is 1.59. The number of halogens is 1. The number of hydrogen-bond acceptors (Lipinski definition) is 4. The molecule has 0 unspecified atom stereocenters. The highest BCUT2D eigenvalue weighted by molar-refractivity contribution is 9.10. The summed E-state index contributed by atoms with van der Waals surface area (Å²) in [6, 6.07) is 13.6. The van der Waals surface area contributed by atoms with Crippen LogP contribution in [0.3, 0.4) is 0 Å². The zero-order valence-electron chi connectivity index (χ0n) is 15.6. The van der Waals surface area contributed by atoms with E-state index in [0.29, 0.717) is 10.2 Å². The number of nitrogens with zero attached hydrogens (tertiary/aromatic N) is 2. The van der Waals surface area contributed by atoms with Gasteiger partial charge < -0.3 is 5.32 Å². The Morgan fingerprint density at radius 1 is 1.17 bits per heavy atom. The third-order valence-electron chi connectivity index (χ3n) is 4.57. The SMILES string of the molecule is Cc1ccnn1-c1cccc(NC(=O)c2cc(S(=O)(=O)NC3CC3)ccc2Br)c1. The average molecular weight is 475 g/mol. The lowest BCUT2D eigenvalue weighted by Crippen LogP contribution is -2.26. The van der Waals surface area contributed by atoms with Crippen molar-refractivity contribution in [1.82, 2.24) is 14.5 Å². The van der Waals surface area contributed by atoms with E-state index in [2.05, 4.69) is 31.1 Å². The van der Waals surface area contributed by atoms with Crippen molar-refractivity contribution in [1.29, 1.82) is 0 Å². The van der Waals surface area contributed by atoms with Gasteiger partial charge in [0, 0.05) is 28.1 Å². The first-order valence-corrected chi connectivity index (χ1v) is 11.4. The summed E-state index contributed by atoms with van der Waals surface area (Å²) in [7, 11) is -3.65. The highest BCUT2D eigenvalue weighted by Gasteiger charge is 2.28. The predicted octanol–water partition coefficient (Wildman–Crippen LogP) is 3.64. The normalized spacial score (nSPS) is 14.0. The molecule has 2 N–H and O–H groups in total. The molecule has 0 atom stereocenters. The minimum absolute atomic E-state index is 0.00517. The largest absolute Gasteiger partial charge is 0.322 e. The van der Waals surface area contributed by atoms with Crippen molar-refractivity contribution >= 4 is 37.5 Å². The molecule has 7 nitrogen and oxygen atoms in total. The number of hydrogen-bond donors (Lipinski definition) is 2. The molecule has 9 heteroatoms. The van der Waals surface area contributed by atoms with Crippen LogP contribution in [0.2, 0.25) is 0 Å². The molecule has 1 amide bonds. The minimum atomic E-state index is -3.65. The molecule has 29 heavy (non-hydrogen) atoms. The first-order valence-electron chi connectivity index (χ1n) is 9.08. The Morgan fingerprint density at radius 2 is 1.97 bits per heavy atom. The van der Waals surface area contributed by atoms with Gasteiger partial charge in [-0.05, 0) is 78.2 Å². The van der Waals surface area contributed by atoms with E-state index >= 15 is 0 Å². The lowest BCUT2D eigenvalue weighted by molar-refractivity contribution is 0.102. The molecule has 0 spiro atoms. The van der Waals surface area contributed by atoms with E-state index in [4.69, 9.17) is 0 Å². The van der Waals surface area contributed by atoms with E-state index in [1.807, 2.05) is 25.1 Å². The summed E-state index contributed by atoms with van der Waals surface area (Å²) in [4.78, 5) is 12.9. The zero-order chi connectivity index (χ0) is 20.6. The molecule has 150 valence electrons. The molecule has 1 saturated carbocycles. The summed E-state index contributed by atoms with van der Waals surface area (Å²) >= 11 is 3.34. The number of carbonyl (C=O) groups excluding carboxylic acids is 1. The molecule has 0 bridgehead atoms. The van der Waals surface area contributed by atoms with Gasteiger partial charge in [-0.25, -0.2) is 17.8 Å². The van der Waals surface area contributed by atoms with Crippen LogP contribution in [0.5, 0.6) is 0 Å². The Bertz CT molecular complexity index is 1190. The summed E-state index contributed by atoms with van der Waals surface area (Å²) in [6.45, 7) is 1.94. The second kappa shape index (κ2) is 7.74. The van der Waals surface area contributed by atoms with Gasteiger partial charge in [-0.3, -0.25) is 4.79 Å². The number of amides is 1. The van der Waals surface area contributed by atoms with E-state index in [-0.39, 0.29) is 16.5 Å². The van der Waals surface area contributed by atoms with Crippen molar-refractivity contribution in [2.45, 2.75) is 30.7 Å². The first kappa shape index (κ1) is 19.8. The summed E-state index contributed by atoms with van der Waals surface area (Å²) in [5.74, 6) is -0.408.